The molecule has 2 aliphatic heterocycles. The minimum Gasteiger partial charge on any atom is -0.342 e. The molecule has 3 heterocycles. The normalized spacial score (nSPS) is 23.4. The molecule has 0 spiro atoms. The summed E-state index contributed by atoms with van der Waals surface area (Å²) < 4.78 is 56.1. The third-order valence-corrected chi connectivity index (χ3v) is 7.49. The van der Waals surface area contributed by atoms with E-state index in [9.17, 15) is 36.7 Å². The highest BCUT2D eigenvalue weighted by atomic mass is 19.3. The number of carbonyl (C=O) groups excluding carboxylic acids is 4. The smallest absolute Gasteiger partial charge is 0.324 e. The Bertz CT molecular complexity index is 1320. The Labute approximate surface area is 226 Å². The number of hydrogen-bond acceptors (Lipinski definition) is 5. The minimum atomic E-state index is -2.83. The number of alkyl halides is 3. The first-order valence-corrected chi connectivity index (χ1v) is 12.9. The van der Waals surface area contributed by atoms with Crippen LogP contribution in [-0.4, -0.2) is 76.3 Å². The van der Waals surface area contributed by atoms with Gasteiger partial charge in [0.1, 0.15) is 18.8 Å². The molecule has 1 aromatic carbocycles. The van der Waals surface area contributed by atoms with E-state index in [-0.39, 0.29) is 37.2 Å². The van der Waals surface area contributed by atoms with E-state index in [4.69, 9.17) is 0 Å². The Kier molecular flexibility index (Phi) is 7.47. The number of hydrogen-bond donors (Lipinski definition) is 2. The van der Waals surface area contributed by atoms with Crippen molar-refractivity contribution in [2.45, 2.75) is 55.8 Å². The fourth-order valence-electron chi connectivity index (χ4n) is 5.33. The van der Waals surface area contributed by atoms with Crippen molar-refractivity contribution in [3.63, 3.8) is 0 Å². The van der Waals surface area contributed by atoms with Gasteiger partial charge < -0.3 is 15.1 Å². The summed E-state index contributed by atoms with van der Waals surface area (Å²) in [5.74, 6) is -6.22. The summed E-state index contributed by atoms with van der Waals surface area (Å²) in [6, 6.07) is 8.42. The number of benzene rings is 1. The maximum absolute atomic E-state index is 15.0. The Morgan fingerprint density at radius 2 is 1.85 bits per heavy atom. The molecule has 1 saturated carbocycles. The third kappa shape index (κ3) is 5.77. The number of carbonyl (C=O) groups is 4. The molecule has 0 radical (unpaired) electrons. The molecule has 5 rings (SSSR count). The minimum absolute atomic E-state index is 0.0128. The SMILES string of the molecule is O=C1CCN(CC(=O)N2C[C@H](F)C[C@H]2C(=O)N[C@@H](c2ccccc2)c2ccc(C3CC(F)(F)C3)c(F)n2)C(=O)N1. The van der Waals surface area contributed by atoms with Gasteiger partial charge in [0.15, 0.2) is 0 Å². The molecule has 3 fully saturated rings. The van der Waals surface area contributed by atoms with E-state index < -0.39 is 79.2 Å². The zero-order valence-corrected chi connectivity index (χ0v) is 21.3. The fourth-order valence-corrected chi connectivity index (χ4v) is 5.33. The molecule has 40 heavy (non-hydrogen) atoms. The predicted molar refractivity (Wildman–Crippen MR) is 132 cm³/mol. The quantitative estimate of drug-likeness (QED) is 0.399. The monoisotopic (exact) mass is 561 g/mol. The van der Waals surface area contributed by atoms with Crippen LogP contribution in [0.25, 0.3) is 0 Å². The van der Waals surface area contributed by atoms with Crippen LogP contribution in [0.3, 0.4) is 0 Å². The summed E-state index contributed by atoms with van der Waals surface area (Å²) in [6.45, 7) is -0.775. The number of halogens is 4. The van der Waals surface area contributed by atoms with Crippen molar-refractivity contribution < 1.29 is 36.7 Å². The lowest BCUT2D eigenvalue weighted by molar-refractivity contribution is -0.139. The molecule has 1 aromatic heterocycles. The van der Waals surface area contributed by atoms with E-state index in [2.05, 4.69) is 15.6 Å². The van der Waals surface area contributed by atoms with Gasteiger partial charge >= 0.3 is 6.03 Å². The summed E-state index contributed by atoms with van der Waals surface area (Å²) in [6.07, 6.45) is -2.68. The molecule has 212 valence electrons. The molecule has 5 amide bonds. The highest BCUT2D eigenvalue weighted by Crippen LogP contribution is 2.48. The van der Waals surface area contributed by atoms with Gasteiger partial charge in [-0.3, -0.25) is 19.7 Å². The number of urea groups is 1. The van der Waals surface area contributed by atoms with Crippen LogP contribution >= 0.6 is 0 Å². The summed E-state index contributed by atoms with van der Waals surface area (Å²) in [4.78, 5) is 56.0. The lowest BCUT2D eigenvalue weighted by Crippen LogP contribution is -2.54. The highest BCUT2D eigenvalue weighted by molar-refractivity contribution is 5.98. The lowest BCUT2D eigenvalue weighted by atomic mass is 9.77. The van der Waals surface area contributed by atoms with Crippen molar-refractivity contribution in [1.82, 2.24) is 25.4 Å². The van der Waals surface area contributed by atoms with Crippen LogP contribution in [-0.2, 0) is 14.4 Å². The number of nitrogens with one attached hydrogen (secondary N) is 2. The van der Waals surface area contributed by atoms with Crippen molar-refractivity contribution >= 4 is 23.8 Å². The van der Waals surface area contributed by atoms with Gasteiger partial charge in [0.25, 0.3) is 0 Å². The van der Waals surface area contributed by atoms with Gasteiger partial charge in [-0.2, -0.15) is 4.39 Å². The first kappa shape index (κ1) is 27.5. The van der Waals surface area contributed by atoms with Crippen LogP contribution in [0.2, 0.25) is 0 Å². The maximum atomic E-state index is 15.0. The van der Waals surface area contributed by atoms with Crippen molar-refractivity contribution in [2.75, 3.05) is 19.6 Å². The molecule has 13 heteroatoms. The zero-order chi connectivity index (χ0) is 28.6. The number of likely N-dealkylation sites (tertiary alicyclic amines) is 1. The summed E-state index contributed by atoms with van der Waals surface area (Å²) >= 11 is 0. The summed E-state index contributed by atoms with van der Waals surface area (Å²) in [5.41, 5.74) is 0.714. The van der Waals surface area contributed by atoms with Gasteiger partial charge in [0.2, 0.25) is 29.6 Å². The average Bonchev–Trinajstić information content (AvgIpc) is 3.30. The number of nitrogens with zero attached hydrogens (tertiary/aromatic N) is 3. The molecule has 3 aliphatic rings. The number of rotatable bonds is 7. The van der Waals surface area contributed by atoms with Crippen LogP contribution in [0.4, 0.5) is 22.4 Å². The second-order valence-corrected chi connectivity index (χ2v) is 10.3. The molecular weight excluding hydrogens is 534 g/mol. The highest BCUT2D eigenvalue weighted by Gasteiger charge is 2.47. The summed E-state index contributed by atoms with van der Waals surface area (Å²) in [7, 11) is 0. The standard InChI is InChI=1S/C27H27F4N5O4/c28-17-10-20(36(13-17)22(38)14-35-9-8-21(37)33-26(35)40)25(39)34-23(15-4-2-1-3-5-15)19-7-6-18(24(29)32-19)16-11-27(30,31)12-16/h1-7,16-17,20,23H,8-14H2,(H,34,39)(H,33,37,40)/t17-,20+,23+/m1/s1. The third-order valence-electron chi connectivity index (χ3n) is 7.49. The molecule has 1 aliphatic carbocycles. The Morgan fingerprint density at radius 1 is 1.12 bits per heavy atom. The van der Waals surface area contributed by atoms with Crippen LogP contribution in [0, 0.1) is 5.95 Å². The number of aromatic nitrogens is 1. The fraction of sp³-hybridized carbons (Fsp3) is 0.444. The largest absolute Gasteiger partial charge is 0.342 e. The second kappa shape index (κ2) is 10.9. The Morgan fingerprint density at radius 3 is 2.50 bits per heavy atom. The second-order valence-electron chi connectivity index (χ2n) is 10.3. The van der Waals surface area contributed by atoms with E-state index in [1.165, 1.54) is 12.1 Å². The van der Waals surface area contributed by atoms with E-state index >= 15 is 0 Å². The van der Waals surface area contributed by atoms with E-state index in [0.717, 1.165) is 9.80 Å². The van der Waals surface area contributed by atoms with Crippen LogP contribution in [0.1, 0.15) is 54.5 Å². The van der Waals surface area contributed by atoms with Gasteiger partial charge in [0, 0.05) is 37.8 Å². The molecule has 0 bridgehead atoms. The topological polar surface area (TPSA) is 112 Å². The van der Waals surface area contributed by atoms with Crippen molar-refractivity contribution in [3.05, 3.63) is 65.2 Å². The first-order valence-electron chi connectivity index (χ1n) is 12.9. The molecule has 2 aromatic rings. The Balaban J connectivity index is 1.34. The average molecular weight is 562 g/mol. The maximum Gasteiger partial charge on any atom is 0.324 e. The van der Waals surface area contributed by atoms with Crippen LogP contribution < -0.4 is 10.6 Å². The molecule has 2 saturated heterocycles. The van der Waals surface area contributed by atoms with Gasteiger partial charge in [0.05, 0.1) is 18.3 Å². The van der Waals surface area contributed by atoms with Crippen molar-refractivity contribution in [1.29, 1.82) is 0 Å². The Hall–Kier alpha value is -4.03. The predicted octanol–water partition coefficient (Wildman–Crippen LogP) is 2.82. The number of pyridine rings is 1. The van der Waals surface area contributed by atoms with E-state index in [1.807, 2.05) is 0 Å². The van der Waals surface area contributed by atoms with Gasteiger partial charge in [-0.15, -0.1) is 0 Å². The van der Waals surface area contributed by atoms with Crippen molar-refractivity contribution in [2.24, 2.45) is 0 Å². The zero-order valence-electron chi connectivity index (χ0n) is 21.3. The van der Waals surface area contributed by atoms with Gasteiger partial charge in [-0.1, -0.05) is 36.4 Å². The van der Waals surface area contributed by atoms with E-state index in [1.54, 1.807) is 30.3 Å². The summed E-state index contributed by atoms with van der Waals surface area (Å²) in [5, 5.41) is 4.85. The molecule has 9 nitrogen and oxygen atoms in total. The van der Waals surface area contributed by atoms with Crippen LogP contribution in [0.15, 0.2) is 42.5 Å². The number of amides is 5. The van der Waals surface area contributed by atoms with E-state index in [0.29, 0.717) is 5.56 Å². The molecule has 2 N–H and O–H groups in total. The molecular formula is C27H27F4N5O4. The van der Waals surface area contributed by atoms with Crippen molar-refractivity contribution in [3.8, 4) is 0 Å². The van der Waals surface area contributed by atoms with Gasteiger partial charge in [-0.25, -0.2) is 22.9 Å². The first-order chi connectivity index (χ1) is 19.0. The molecule has 3 atom stereocenters. The van der Waals surface area contributed by atoms with Crippen LogP contribution in [0.5, 0.6) is 0 Å². The van der Waals surface area contributed by atoms with Gasteiger partial charge in [-0.05, 0) is 17.5 Å². The lowest BCUT2D eigenvalue weighted by Gasteiger charge is -2.35. The number of imide groups is 1. The molecule has 0 unspecified atom stereocenters.